The van der Waals surface area contributed by atoms with Crippen molar-refractivity contribution in [3.05, 3.63) is 71.3 Å². The third-order valence-corrected chi connectivity index (χ3v) is 4.04. The van der Waals surface area contributed by atoms with Gasteiger partial charge in [0.05, 0.1) is 7.11 Å². The van der Waals surface area contributed by atoms with E-state index in [1.165, 1.54) is 6.08 Å². The van der Waals surface area contributed by atoms with E-state index >= 15 is 0 Å². The average Bonchev–Trinajstić information content (AvgIpc) is 2.75. The van der Waals surface area contributed by atoms with Gasteiger partial charge in [0.1, 0.15) is 17.4 Å². The van der Waals surface area contributed by atoms with Gasteiger partial charge >= 0.3 is 5.97 Å². The van der Waals surface area contributed by atoms with Gasteiger partial charge in [-0.15, -0.1) is 0 Å². The molecule has 0 N–H and O–H groups in total. The molecule has 0 unspecified atom stereocenters. The van der Waals surface area contributed by atoms with Crippen LogP contribution in [0.15, 0.2) is 60.2 Å². The maximum absolute atomic E-state index is 12.4. The van der Waals surface area contributed by atoms with Gasteiger partial charge in [-0.1, -0.05) is 42.5 Å². The lowest BCUT2D eigenvalue weighted by Gasteiger charge is -2.20. The van der Waals surface area contributed by atoms with Gasteiger partial charge in [0.25, 0.3) is 5.91 Å². The Labute approximate surface area is 164 Å². The van der Waals surface area contributed by atoms with Crippen LogP contribution in [-0.2, 0) is 20.9 Å². The van der Waals surface area contributed by atoms with E-state index in [0.29, 0.717) is 24.4 Å². The van der Waals surface area contributed by atoms with Crippen LogP contribution >= 0.6 is 0 Å². The molecule has 2 aromatic rings. The van der Waals surface area contributed by atoms with E-state index < -0.39 is 12.6 Å². The Morgan fingerprint density at radius 1 is 1.11 bits per heavy atom. The molecule has 6 nitrogen and oxygen atoms in total. The van der Waals surface area contributed by atoms with Crippen molar-refractivity contribution in [2.45, 2.75) is 13.5 Å². The molecule has 0 bridgehead atoms. The van der Waals surface area contributed by atoms with Crippen molar-refractivity contribution in [2.24, 2.45) is 0 Å². The maximum Gasteiger partial charge on any atom is 0.349 e. The molecule has 2 aromatic carbocycles. The normalized spacial score (nSPS) is 10.7. The predicted octanol–water partition coefficient (Wildman–Crippen LogP) is 3.19. The molecule has 0 saturated carbocycles. The fourth-order valence-electron chi connectivity index (χ4n) is 2.48. The lowest BCUT2D eigenvalue weighted by atomic mass is 10.1. The molecule has 0 heterocycles. The summed E-state index contributed by atoms with van der Waals surface area (Å²) in [7, 11) is 1.55. The fourth-order valence-corrected chi connectivity index (χ4v) is 2.48. The zero-order chi connectivity index (χ0) is 20.4. The highest BCUT2D eigenvalue weighted by Crippen LogP contribution is 2.14. The second kappa shape index (κ2) is 10.5. The number of carbonyl (C=O) groups excluding carboxylic acids is 2. The minimum absolute atomic E-state index is 0.177. The van der Waals surface area contributed by atoms with Gasteiger partial charge in [-0.25, -0.2) is 4.79 Å². The van der Waals surface area contributed by atoms with Crippen LogP contribution in [-0.4, -0.2) is 37.0 Å². The van der Waals surface area contributed by atoms with Crippen molar-refractivity contribution in [3.63, 3.8) is 0 Å². The Morgan fingerprint density at radius 2 is 1.79 bits per heavy atom. The first-order valence-electron chi connectivity index (χ1n) is 8.82. The number of ether oxygens (including phenoxy) is 2. The minimum Gasteiger partial charge on any atom is -0.497 e. The zero-order valence-corrected chi connectivity index (χ0v) is 15.9. The van der Waals surface area contributed by atoms with Crippen molar-refractivity contribution >= 4 is 18.0 Å². The van der Waals surface area contributed by atoms with Gasteiger partial charge < -0.3 is 14.4 Å². The Kier molecular flexibility index (Phi) is 7.79. The average molecular weight is 378 g/mol. The van der Waals surface area contributed by atoms with Gasteiger partial charge in [-0.3, -0.25) is 4.79 Å². The van der Waals surface area contributed by atoms with E-state index in [1.54, 1.807) is 36.3 Å². The van der Waals surface area contributed by atoms with Gasteiger partial charge in [0, 0.05) is 13.1 Å². The summed E-state index contributed by atoms with van der Waals surface area (Å²) in [4.78, 5) is 26.1. The second-order valence-corrected chi connectivity index (χ2v) is 5.91. The number of carbonyl (C=O) groups is 2. The van der Waals surface area contributed by atoms with Crippen LogP contribution in [0.4, 0.5) is 0 Å². The van der Waals surface area contributed by atoms with Crippen LogP contribution in [0, 0.1) is 11.3 Å². The van der Waals surface area contributed by atoms with E-state index in [-0.39, 0.29) is 11.5 Å². The summed E-state index contributed by atoms with van der Waals surface area (Å²) in [6.45, 7) is 2.35. The van der Waals surface area contributed by atoms with Crippen LogP contribution in [0.3, 0.4) is 0 Å². The summed E-state index contributed by atoms with van der Waals surface area (Å²) in [5.74, 6) is -0.481. The number of amides is 1. The predicted molar refractivity (Wildman–Crippen MR) is 105 cm³/mol. The topological polar surface area (TPSA) is 79.6 Å². The van der Waals surface area contributed by atoms with Crippen LogP contribution in [0.25, 0.3) is 6.08 Å². The van der Waals surface area contributed by atoms with Gasteiger partial charge in [-0.05, 0) is 36.3 Å². The monoisotopic (exact) mass is 378 g/mol. The fraction of sp³-hybridized carbons (Fsp3) is 0.227. The number of nitriles is 1. The van der Waals surface area contributed by atoms with Crippen LogP contribution in [0.5, 0.6) is 5.75 Å². The zero-order valence-electron chi connectivity index (χ0n) is 15.9. The third kappa shape index (κ3) is 5.99. The van der Waals surface area contributed by atoms with Crippen molar-refractivity contribution in [3.8, 4) is 11.8 Å². The highest BCUT2D eigenvalue weighted by molar-refractivity contribution is 5.98. The van der Waals surface area contributed by atoms with Crippen LogP contribution < -0.4 is 4.74 Å². The first-order valence-corrected chi connectivity index (χ1v) is 8.82. The number of hydrogen-bond donors (Lipinski definition) is 0. The SMILES string of the molecule is CCN(Cc1ccccc1)C(=O)COC(=O)C(C#N)=Cc1ccc(OC)cc1. The summed E-state index contributed by atoms with van der Waals surface area (Å²) in [5, 5.41) is 9.23. The summed E-state index contributed by atoms with van der Waals surface area (Å²) in [6, 6.07) is 18.2. The van der Waals surface area contributed by atoms with E-state index in [9.17, 15) is 14.9 Å². The maximum atomic E-state index is 12.4. The van der Waals surface area contributed by atoms with E-state index in [1.807, 2.05) is 43.3 Å². The molecule has 1 amide bonds. The molecule has 6 heteroatoms. The molecular formula is C22H22N2O4. The van der Waals surface area contributed by atoms with E-state index in [4.69, 9.17) is 9.47 Å². The van der Waals surface area contributed by atoms with Crippen molar-refractivity contribution < 1.29 is 19.1 Å². The molecule has 0 aliphatic carbocycles. The molecule has 0 aromatic heterocycles. The van der Waals surface area contributed by atoms with Gasteiger partial charge in [0.2, 0.25) is 0 Å². The highest BCUT2D eigenvalue weighted by Gasteiger charge is 2.17. The van der Waals surface area contributed by atoms with E-state index in [2.05, 4.69) is 0 Å². The van der Waals surface area contributed by atoms with Crippen LogP contribution in [0.2, 0.25) is 0 Å². The Bertz CT molecular complexity index is 868. The molecule has 0 radical (unpaired) electrons. The Balaban J connectivity index is 1.96. The molecule has 28 heavy (non-hydrogen) atoms. The Hall–Kier alpha value is -3.59. The largest absolute Gasteiger partial charge is 0.497 e. The first-order chi connectivity index (χ1) is 13.6. The number of nitrogens with zero attached hydrogens (tertiary/aromatic N) is 2. The third-order valence-electron chi connectivity index (χ3n) is 4.04. The lowest BCUT2D eigenvalue weighted by molar-refractivity contribution is -0.148. The molecule has 0 aliphatic rings. The second-order valence-electron chi connectivity index (χ2n) is 5.91. The molecule has 0 fully saturated rings. The number of likely N-dealkylation sites (N-methyl/N-ethyl adjacent to an activating group) is 1. The lowest BCUT2D eigenvalue weighted by Crippen LogP contribution is -2.34. The van der Waals surface area contributed by atoms with Gasteiger partial charge in [-0.2, -0.15) is 5.26 Å². The summed E-state index contributed by atoms with van der Waals surface area (Å²) >= 11 is 0. The van der Waals surface area contributed by atoms with Crippen molar-refractivity contribution in [1.29, 1.82) is 5.26 Å². The molecule has 0 spiro atoms. The van der Waals surface area contributed by atoms with Gasteiger partial charge in [0.15, 0.2) is 6.61 Å². The standard InChI is InChI=1S/C22H22N2O4/c1-3-24(15-18-7-5-4-6-8-18)21(25)16-28-22(26)19(14-23)13-17-9-11-20(27-2)12-10-17/h4-13H,3,15-16H2,1-2H3. The molecule has 0 saturated heterocycles. The number of hydrogen-bond acceptors (Lipinski definition) is 5. The van der Waals surface area contributed by atoms with Crippen LogP contribution in [0.1, 0.15) is 18.1 Å². The molecule has 144 valence electrons. The first kappa shape index (κ1) is 20.7. The summed E-state index contributed by atoms with van der Waals surface area (Å²) in [6.07, 6.45) is 1.41. The number of methoxy groups -OCH3 is 1. The summed E-state index contributed by atoms with van der Waals surface area (Å²) in [5.41, 5.74) is 1.46. The number of esters is 1. The smallest absolute Gasteiger partial charge is 0.349 e. The molecule has 2 rings (SSSR count). The summed E-state index contributed by atoms with van der Waals surface area (Å²) < 4.78 is 10.1. The number of benzene rings is 2. The highest BCUT2D eigenvalue weighted by atomic mass is 16.5. The molecule has 0 atom stereocenters. The van der Waals surface area contributed by atoms with E-state index in [0.717, 1.165) is 5.56 Å². The minimum atomic E-state index is -0.831. The molecule has 0 aliphatic heterocycles. The molecular weight excluding hydrogens is 356 g/mol. The number of rotatable bonds is 8. The van der Waals surface area contributed by atoms with Crippen molar-refractivity contribution in [2.75, 3.05) is 20.3 Å². The Morgan fingerprint density at radius 3 is 2.36 bits per heavy atom. The quantitative estimate of drug-likeness (QED) is 0.400. The van der Waals surface area contributed by atoms with Crippen molar-refractivity contribution in [1.82, 2.24) is 4.90 Å².